The van der Waals surface area contributed by atoms with E-state index in [1.54, 1.807) is 0 Å². The van der Waals surface area contributed by atoms with E-state index in [1.165, 1.54) is 18.3 Å². The quantitative estimate of drug-likeness (QED) is 0.157. The van der Waals surface area contributed by atoms with Gasteiger partial charge in [-0.3, -0.25) is 0 Å². The Morgan fingerprint density at radius 2 is 1.39 bits per heavy atom. The average Bonchev–Trinajstić information content (AvgIpc) is 2.97. The number of aliphatic hydroxyl groups excluding tert-OH is 6. The van der Waals surface area contributed by atoms with Crippen LogP contribution in [0.2, 0.25) is 0 Å². The number of aromatic nitrogens is 1. The summed E-state index contributed by atoms with van der Waals surface area (Å²) in [6, 6.07) is 6.32. The third-order valence-electron chi connectivity index (χ3n) is 6.55. The molecule has 0 aliphatic carbocycles. The number of carbonyl (C=O) groups excluding carboxylic acids is 2. The summed E-state index contributed by atoms with van der Waals surface area (Å²) in [6.07, 6.45) is -25.4. The Morgan fingerprint density at radius 1 is 0.795 bits per heavy atom. The van der Waals surface area contributed by atoms with Crippen LogP contribution in [0.4, 0.5) is 24.7 Å². The number of rotatable bonds is 7. The molecule has 10 atom stereocenters. The molecule has 2 aliphatic rings. The van der Waals surface area contributed by atoms with Crippen LogP contribution in [0.5, 0.6) is 0 Å². The summed E-state index contributed by atoms with van der Waals surface area (Å²) in [4.78, 5) is 40.9. The molecule has 2 fully saturated rings. The van der Waals surface area contributed by atoms with Gasteiger partial charge in [-0.2, -0.15) is 13.2 Å². The molecule has 3 heterocycles. The highest BCUT2D eigenvalue weighted by Gasteiger charge is 2.52. The molecule has 240 valence electrons. The summed E-state index contributed by atoms with van der Waals surface area (Å²) < 4.78 is 59.1. The summed E-state index contributed by atoms with van der Waals surface area (Å²) in [7, 11) is 0. The lowest BCUT2D eigenvalue weighted by Gasteiger charge is -2.41. The van der Waals surface area contributed by atoms with Gasteiger partial charge in [0.1, 0.15) is 48.0 Å². The smallest absolute Gasteiger partial charge is 0.416 e. The molecule has 10 unspecified atom stereocenters. The van der Waals surface area contributed by atoms with Gasteiger partial charge >= 0.3 is 24.1 Å². The number of hydrogen-bond donors (Lipinski definition) is 8. The number of carbonyl (C=O) groups is 3. The summed E-state index contributed by atoms with van der Waals surface area (Å²) in [6.45, 7) is 0. The molecule has 4 rings (SSSR count). The van der Waals surface area contributed by atoms with E-state index in [2.05, 4.69) is 10.3 Å². The highest BCUT2D eigenvalue weighted by molar-refractivity contribution is 5.95. The molecule has 0 spiro atoms. The van der Waals surface area contributed by atoms with Crippen LogP contribution in [0.3, 0.4) is 0 Å². The Balaban J connectivity index is 1.49. The maximum atomic E-state index is 13.1. The summed E-state index contributed by atoms with van der Waals surface area (Å²) in [5.74, 6) is -5.05. The summed E-state index contributed by atoms with van der Waals surface area (Å²) in [5, 5.41) is 72.3. The summed E-state index contributed by atoms with van der Waals surface area (Å²) in [5.41, 5.74) is -1.51. The van der Waals surface area contributed by atoms with Gasteiger partial charge in [0.15, 0.2) is 12.2 Å². The Labute approximate surface area is 243 Å². The fourth-order valence-electron chi connectivity index (χ4n) is 4.22. The molecule has 0 saturated carbocycles. The average molecular weight is 634 g/mol. The number of hydrogen-bond acceptors (Lipinski definition) is 15. The van der Waals surface area contributed by atoms with Gasteiger partial charge in [0.2, 0.25) is 12.6 Å². The van der Waals surface area contributed by atoms with Crippen molar-refractivity contribution in [2.24, 2.45) is 0 Å². The van der Waals surface area contributed by atoms with Crippen molar-refractivity contribution in [2.45, 2.75) is 67.6 Å². The van der Waals surface area contributed by atoms with Crippen molar-refractivity contribution in [1.29, 1.82) is 0 Å². The first-order valence-corrected chi connectivity index (χ1v) is 12.5. The molecule has 8 N–H and O–H groups in total. The van der Waals surface area contributed by atoms with Gasteiger partial charge in [-0.25, -0.2) is 19.4 Å². The van der Waals surface area contributed by atoms with Crippen molar-refractivity contribution in [3.8, 4) is 0 Å². The van der Waals surface area contributed by atoms with Crippen molar-refractivity contribution in [1.82, 2.24) is 4.98 Å². The van der Waals surface area contributed by atoms with E-state index in [-0.39, 0.29) is 11.5 Å². The van der Waals surface area contributed by atoms with E-state index in [0.717, 1.165) is 24.3 Å². The first-order chi connectivity index (χ1) is 20.6. The monoisotopic (exact) mass is 634 g/mol. The highest BCUT2D eigenvalue weighted by Crippen LogP contribution is 2.32. The molecule has 2 aromatic rings. The molecule has 2 saturated heterocycles. The number of carboxylic acids is 1. The number of esters is 2. The molecule has 0 radical (unpaired) electrons. The van der Waals surface area contributed by atoms with Crippen molar-refractivity contribution in [3.05, 3.63) is 53.7 Å². The Kier molecular flexibility index (Phi) is 9.71. The number of alkyl halides is 3. The number of pyridine rings is 1. The molecule has 0 bridgehead atoms. The number of aliphatic carboxylic acids is 1. The highest BCUT2D eigenvalue weighted by atomic mass is 19.4. The first kappa shape index (κ1) is 33.0. The lowest BCUT2D eigenvalue weighted by molar-refractivity contribution is -0.305. The van der Waals surface area contributed by atoms with E-state index >= 15 is 0 Å². The predicted octanol–water partition coefficient (Wildman–Crippen LogP) is -1.76. The number of carboxylic acid groups (broad SMARTS) is 1. The molecule has 0 amide bonds. The van der Waals surface area contributed by atoms with Crippen LogP contribution in [0.15, 0.2) is 42.6 Å². The van der Waals surface area contributed by atoms with Gasteiger partial charge in [0.05, 0.1) is 5.56 Å². The predicted molar refractivity (Wildman–Crippen MR) is 131 cm³/mol. The maximum absolute atomic E-state index is 13.1. The fourth-order valence-corrected chi connectivity index (χ4v) is 4.22. The number of anilines is 2. The second-order valence-electron chi connectivity index (χ2n) is 9.58. The standard InChI is InChI=1S/C25H25F3N2O14/c26-25(27,28)8-3-1-4-9(7-8)30-19-10(5-2-6-29-19)21(39)43-24-16(36)12(32)14(34)18(42-24)22(40)44-23-15(35)11(31)13(33)17(41-23)20(37)38/h1-7,11-18,23-24,31-36H,(H,29,30)(H,37,38). The molecular formula is C25H25F3N2O14. The maximum Gasteiger partial charge on any atom is 0.416 e. The fraction of sp³-hybridized carbons (Fsp3) is 0.440. The van der Waals surface area contributed by atoms with E-state index < -0.39 is 96.6 Å². The minimum absolute atomic E-state index is 0.113. The van der Waals surface area contributed by atoms with Crippen LogP contribution in [0.1, 0.15) is 15.9 Å². The van der Waals surface area contributed by atoms with E-state index in [4.69, 9.17) is 24.1 Å². The third kappa shape index (κ3) is 6.89. The van der Waals surface area contributed by atoms with Crippen molar-refractivity contribution in [3.63, 3.8) is 0 Å². The van der Waals surface area contributed by atoms with Crippen LogP contribution >= 0.6 is 0 Å². The Hall–Kier alpha value is -3.95. The zero-order chi connectivity index (χ0) is 32.5. The number of benzene rings is 1. The topological polar surface area (TPSA) is 255 Å². The third-order valence-corrected chi connectivity index (χ3v) is 6.55. The van der Waals surface area contributed by atoms with Crippen LogP contribution in [0, 0.1) is 0 Å². The zero-order valence-electron chi connectivity index (χ0n) is 21.9. The van der Waals surface area contributed by atoms with Crippen LogP contribution in [-0.4, -0.2) is 120 Å². The van der Waals surface area contributed by atoms with Gasteiger partial charge in [-0.15, -0.1) is 0 Å². The van der Waals surface area contributed by atoms with Crippen LogP contribution in [-0.2, 0) is 34.7 Å². The van der Waals surface area contributed by atoms with E-state index in [1.807, 2.05) is 0 Å². The second-order valence-corrected chi connectivity index (χ2v) is 9.58. The van der Waals surface area contributed by atoms with E-state index in [9.17, 15) is 58.2 Å². The Morgan fingerprint density at radius 3 is 2.00 bits per heavy atom. The number of aliphatic hydroxyl groups is 6. The van der Waals surface area contributed by atoms with E-state index in [0.29, 0.717) is 0 Å². The number of halogens is 3. The molecule has 2 aliphatic heterocycles. The van der Waals surface area contributed by atoms with Gasteiger partial charge < -0.3 is 60.0 Å². The summed E-state index contributed by atoms with van der Waals surface area (Å²) >= 11 is 0. The number of nitrogens with zero attached hydrogens (tertiary/aromatic N) is 1. The molecule has 1 aromatic heterocycles. The molecular weight excluding hydrogens is 609 g/mol. The SMILES string of the molecule is O=C(OC1OC(C(=O)OC2OC(C(=O)O)C(O)C(O)C2O)C(O)C(O)C1O)c1cccnc1Nc1cccc(C(F)(F)F)c1. The van der Waals surface area contributed by atoms with Crippen LogP contribution < -0.4 is 5.32 Å². The lowest BCUT2D eigenvalue weighted by atomic mass is 9.98. The van der Waals surface area contributed by atoms with Gasteiger partial charge in [-0.05, 0) is 30.3 Å². The minimum atomic E-state index is -4.67. The zero-order valence-corrected chi connectivity index (χ0v) is 21.9. The largest absolute Gasteiger partial charge is 0.479 e. The van der Waals surface area contributed by atoms with Gasteiger partial charge in [0.25, 0.3) is 0 Å². The van der Waals surface area contributed by atoms with Gasteiger partial charge in [0, 0.05) is 11.9 Å². The van der Waals surface area contributed by atoms with Crippen molar-refractivity contribution >= 4 is 29.4 Å². The molecule has 1 aromatic carbocycles. The van der Waals surface area contributed by atoms with Crippen molar-refractivity contribution in [2.75, 3.05) is 5.32 Å². The molecule has 19 heteroatoms. The lowest BCUT2D eigenvalue weighted by Crippen LogP contribution is -2.63. The van der Waals surface area contributed by atoms with Crippen molar-refractivity contribution < 1.29 is 82.2 Å². The first-order valence-electron chi connectivity index (χ1n) is 12.5. The normalized spacial score (nSPS) is 32.4. The Bertz CT molecular complexity index is 1380. The number of nitrogens with one attached hydrogen (secondary N) is 1. The molecule has 44 heavy (non-hydrogen) atoms. The van der Waals surface area contributed by atoms with Crippen LogP contribution in [0.25, 0.3) is 0 Å². The second kappa shape index (κ2) is 13.0. The number of ether oxygens (including phenoxy) is 4. The minimum Gasteiger partial charge on any atom is -0.479 e. The molecule has 16 nitrogen and oxygen atoms in total. The van der Waals surface area contributed by atoms with Gasteiger partial charge in [-0.1, -0.05) is 6.07 Å².